The number of rotatable bonds is 2. The molecular formula is C20H31N. The van der Waals surface area contributed by atoms with Crippen molar-refractivity contribution in [1.29, 1.82) is 0 Å². The largest absolute Gasteiger partial charge is 0.381 e. The SMILES string of the molecule is CC(C)(C)c1ccc(NC2C(C)(C)[C@H]3CC[C@]2(C)C3)cc1. The second-order valence-corrected chi connectivity index (χ2v) is 9.32. The number of fused-ring (bicyclic) bond motifs is 2. The minimum atomic E-state index is 0.232. The highest BCUT2D eigenvalue weighted by Crippen LogP contribution is 2.63. The lowest BCUT2D eigenvalue weighted by atomic mass is 9.68. The van der Waals surface area contributed by atoms with Crippen LogP contribution >= 0.6 is 0 Å². The summed E-state index contributed by atoms with van der Waals surface area (Å²) in [6.45, 7) is 14.2. The lowest BCUT2D eigenvalue weighted by Gasteiger charge is -2.43. The van der Waals surface area contributed by atoms with Crippen molar-refractivity contribution in [3.05, 3.63) is 29.8 Å². The minimum Gasteiger partial charge on any atom is -0.381 e. The van der Waals surface area contributed by atoms with E-state index in [-0.39, 0.29) is 5.41 Å². The zero-order valence-corrected chi connectivity index (χ0v) is 14.6. The second kappa shape index (κ2) is 4.51. The van der Waals surface area contributed by atoms with E-state index in [0.717, 1.165) is 5.92 Å². The summed E-state index contributed by atoms with van der Waals surface area (Å²) < 4.78 is 0. The van der Waals surface area contributed by atoms with Crippen LogP contribution in [-0.2, 0) is 5.41 Å². The molecule has 0 aliphatic heterocycles. The highest BCUT2D eigenvalue weighted by molar-refractivity contribution is 5.48. The Kier molecular flexibility index (Phi) is 3.21. The van der Waals surface area contributed by atoms with Crippen LogP contribution in [0, 0.1) is 16.7 Å². The average Bonchev–Trinajstić information content (AvgIpc) is 2.85. The van der Waals surface area contributed by atoms with Gasteiger partial charge >= 0.3 is 0 Å². The molecule has 3 rings (SSSR count). The first-order valence-electron chi connectivity index (χ1n) is 8.50. The van der Waals surface area contributed by atoms with Crippen molar-refractivity contribution in [3.8, 4) is 0 Å². The Bertz CT molecular complexity index is 515. The third kappa shape index (κ3) is 2.39. The molecule has 0 radical (unpaired) electrons. The van der Waals surface area contributed by atoms with Crippen LogP contribution in [-0.4, -0.2) is 6.04 Å². The minimum absolute atomic E-state index is 0.232. The molecule has 2 saturated carbocycles. The average molecular weight is 285 g/mol. The van der Waals surface area contributed by atoms with Crippen molar-refractivity contribution in [2.75, 3.05) is 5.32 Å². The van der Waals surface area contributed by atoms with Gasteiger partial charge in [0.05, 0.1) is 0 Å². The van der Waals surface area contributed by atoms with Gasteiger partial charge in [0.1, 0.15) is 0 Å². The van der Waals surface area contributed by atoms with Gasteiger partial charge in [0, 0.05) is 11.7 Å². The molecule has 0 spiro atoms. The van der Waals surface area contributed by atoms with Gasteiger partial charge in [-0.1, -0.05) is 53.7 Å². The molecule has 1 nitrogen and oxygen atoms in total. The summed E-state index contributed by atoms with van der Waals surface area (Å²) in [4.78, 5) is 0. The Balaban J connectivity index is 1.81. The molecule has 1 N–H and O–H groups in total. The van der Waals surface area contributed by atoms with Crippen LogP contribution in [0.4, 0.5) is 5.69 Å². The Morgan fingerprint density at radius 2 is 1.67 bits per heavy atom. The lowest BCUT2D eigenvalue weighted by Crippen LogP contribution is -2.45. The molecule has 2 fully saturated rings. The summed E-state index contributed by atoms with van der Waals surface area (Å²) in [5.74, 6) is 0.897. The van der Waals surface area contributed by atoms with E-state index in [4.69, 9.17) is 0 Å². The number of hydrogen-bond acceptors (Lipinski definition) is 1. The summed E-state index contributed by atoms with van der Waals surface area (Å²) >= 11 is 0. The number of hydrogen-bond donors (Lipinski definition) is 1. The zero-order valence-electron chi connectivity index (χ0n) is 14.6. The van der Waals surface area contributed by atoms with Crippen molar-refractivity contribution in [3.63, 3.8) is 0 Å². The van der Waals surface area contributed by atoms with Crippen LogP contribution in [0.1, 0.15) is 66.4 Å². The molecule has 2 aliphatic carbocycles. The Morgan fingerprint density at radius 3 is 2.14 bits per heavy atom. The van der Waals surface area contributed by atoms with Gasteiger partial charge in [0.25, 0.3) is 0 Å². The van der Waals surface area contributed by atoms with Crippen molar-refractivity contribution >= 4 is 5.69 Å². The molecule has 0 saturated heterocycles. The molecule has 1 heteroatoms. The number of benzene rings is 1. The fourth-order valence-corrected chi connectivity index (χ4v) is 4.90. The standard InChI is InChI=1S/C20H31N/c1-18(2,3)14-7-9-16(10-8-14)21-17-19(4,5)15-11-12-20(17,6)13-15/h7-10,15,17,21H,11-13H2,1-6H3/t15-,17?,20+/m0/s1. The molecule has 1 aromatic carbocycles. The van der Waals surface area contributed by atoms with E-state index < -0.39 is 0 Å². The van der Waals surface area contributed by atoms with Gasteiger partial charge < -0.3 is 5.32 Å². The quantitative estimate of drug-likeness (QED) is 0.744. The Labute approximate surface area is 130 Å². The molecular weight excluding hydrogens is 254 g/mol. The van der Waals surface area contributed by atoms with Crippen molar-refractivity contribution in [2.45, 2.75) is 72.3 Å². The van der Waals surface area contributed by atoms with Gasteiger partial charge in [-0.25, -0.2) is 0 Å². The molecule has 21 heavy (non-hydrogen) atoms. The Hall–Kier alpha value is -0.980. The highest BCUT2D eigenvalue weighted by Gasteiger charge is 2.59. The molecule has 2 aliphatic rings. The smallest absolute Gasteiger partial charge is 0.0368 e. The summed E-state index contributed by atoms with van der Waals surface area (Å²) in [5.41, 5.74) is 3.82. The van der Waals surface area contributed by atoms with E-state index >= 15 is 0 Å². The van der Waals surface area contributed by atoms with E-state index in [2.05, 4.69) is 71.1 Å². The summed E-state index contributed by atoms with van der Waals surface area (Å²) in [5, 5.41) is 3.88. The predicted octanol–water partition coefficient (Wildman–Crippen LogP) is 5.61. The van der Waals surface area contributed by atoms with Crippen LogP contribution in [0.2, 0.25) is 0 Å². The van der Waals surface area contributed by atoms with Crippen LogP contribution in [0.5, 0.6) is 0 Å². The predicted molar refractivity (Wildman–Crippen MR) is 91.8 cm³/mol. The molecule has 1 unspecified atom stereocenters. The highest BCUT2D eigenvalue weighted by atomic mass is 15.0. The van der Waals surface area contributed by atoms with Gasteiger partial charge in [0.2, 0.25) is 0 Å². The third-order valence-corrected chi connectivity index (χ3v) is 6.33. The number of nitrogens with one attached hydrogen (secondary N) is 1. The summed E-state index contributed by atoms with van der Waals surface area (Å²) in [6, 6.07) is 9.71. The molecule has 1 aromatic rings. The van der Waals surface area contributed by atoms with E-state index in [1.807, 2.05) is 0 Å². The first kappa shape index (κ1) is 14.9. The van der Waals surface area contributed by atoms with Gasteiger partial charge in [-0.3, -0.25) is 0 Å². The van der Waals surface area contributed by atoms with Crippen molar-refractivity contribution in [2.24, 2.45) is 16.7 Å². The van der Waals surface area contributed by atoms with E-state index in [0.29, 0.717) is 16.9 Å². The maximum atomic E-state index is 3.88. The van der Waals surface area contributed by atoms with Crippen molar-refractivity contribution < 1.29 is 0 Å². The maximum absolute atomic E-state index is 3.88. The topological polar surface area (TPSA) is 12.0 Å². The van der Waals surface area contributed by atoms with E-state index in [9.17, 15) is 0 Å². The molecule has 0 aromatic heterocycles. The molecule has 3 atom stereocenters. The van der Waals surface area contributed by atoms with Crippen LogP contribution < -0.4 is 5.32 Å². The maximum Gasteiger partial charge on any atom is 0.0368 e. The number of anilines is 1. The second-order valence-electron chi connectivity index (χ2n) is 9.32. The molecule has 0 heterocycles. The van der Waals surface area contributed by atoms with E-state index in [1.165, 1.54) is 30.5 Å². The fourth-order valence-electron chi connectivity index (χ4n) is 4.90. The monoisotopic (exact) mass is 285 g/mol. The normalized spacial score (nSPS) is 34.2. The first-order chi connectivity index (χ1) is 9.63. The van der Waals surface area contributed by atoms with Crippen LogP contribution in [0.3, 0.4) is 0 Å². The van der Waals surface area contributed by atoms with Gasteiger partial charge in [-0.2, -0.15) is 0 Å². The summed E-state index contributed by atoms with van der Waals surface area (Å²) in [6.07, 6.45) is 4.21. The van der Waals surface area contributed by atoms with Gasteiger partial charge in [-0.15, -0.1) is 0 Å². The first-order valence-corrected chi connectivity index (χ1v) is 8.50. The Morgan fingerprint density at radius 1 is 1.05 bits per heavy atom. The molecule has 116 valence electrons. The van der Waals surface area contributed by atoms with Crippen LogP contribution in [0.15, 0.2) is 24.3 Å². The van der Waals surface area contributed by atoms with Gasteiger partial charge in [0.15, 0.2) is 0 Å². The van der Waals surface area contributed by atoms with E-state index in [1.54, 1.807) is 0 Å². The molecule has 2 bridgehead atoms. The summed E-state index contributed by atoms with van der Waals surface area (Å²) in [7, 11) is 0. The van der Waals surface area contributed by atoms with Gasteiger partial charge in [-0.05, 0) is 59.1 Å². The van der Waals surface area contributed by atoms with Crippen molar-refractivity contribution in [1.82, 2.24) is 0 Å². The third-order valence-electron chi connectivity index (χ3n) is 6.33. The zero-order chi connectivity index (χ0) is 15.5. The fraction of sp³-hybridized carbons (Fsp3) is 0.700. The molecule has 0 amide bonds. The van der Waals surface area contributed by atoms with Crippen LogP contribution in [0.25, 0.3) is 0 Å². The lowest BCUT2D eigenvalue weighted by molar-refractivity contribution is 0.155.